The normalized spacial score (nSPS) is 24.5. The Hall–Kier alpha value is 0.340. The van der Waals surface area contributed by atoms with Crippen molar-refractivity contribution in [3.8, 4) is 0 Å². The Balaban J connectivity index is 2.93. The van der Waals surface area contributed by atoms with E-state index in [4.69, 9.17) is 0 Å². The Bertz CT molecular complexity index is 446. The van der Waals surface area contributed by atoms with Gasteiger partial charge in [-0.3, -0.25) is 0 Å². The zero-order valence-electron chi connectivity index (χ0n) is 9.80. The molecule has 1 unspecified atom stereocenters. The first-order valence-electron chi connectivity index (χ1n) is 5.49. The van der Waals surface area contributed by atoms with E-state index in [1.54, 1.807) is 0 Å². The van der Waals surface area contributed by atoms with Crippen molar-refractivity contribution in [1.29, 1.82) is 0 Å². The topological polar surface area (TPSA) is 71.5 Å². The van der Waals surface area contributed by atoms with Crippen LogP contribution in [-0.2, 0) is 19.9 Å². The molecular formula is C9H18BrNO4S2. The van der Waals surface area contributed by atoms with Crippen molar-refractivity contribution in [1.82, 2.24) is 4.31 Å². The molecule has 8 heteroatoms. The average Bonchev–Trinajstić information content (AvgIpc) is 2.38. The van der Waals surface area contributed by atoms with Gasteiger partial charge in [-0.1, -0.05) is 28.8 Å². The minimum Gasteiger partial charge on any atom is -0.228 e. The fourth-order valence-corrected chi connectivity index (χ4v) is 6.62. The minimum atomic E-state index is -3.71. The molecule has 0 saturated carbocycles. The zero-order chi connectivity index (χ0) is 13.1. The van der Waals surface area contributed by atoms with Gasteiger partial charge < -0.3 is 0 Å². The first kappa shape index (κ1) is 15.4. The third-order valence-electron chi connectivity index (χ3n) is 2.72. The lowest BCUT2D eigenvalue weighted by Gasteiger charge is -2.27. The summed E-state index contributed by atoms with van der Waals surface area (Å²) in [5.74, 6) is 0. The van der Waals surface area contributed by atoms with Gasteiger partial charge in [0.15, 0.2) is 14.9 Å². The molecule has 0 aromatic carbocycles. The van der Waals surface area contributed by atoms with E-state index in [1.165, 1.54) is 4.31 Å². The second-order valence-electron chi connectivity index (χ2n) is 4.42. The predicted molar refractivity (Wildman–Crippen MR) is 71.4 cm³/mol. The van der Waals surface area contributed by atoms with Gasteiger partial charge in [0, 0.05) is 24.2 Å². The first-order chi connectivity index (χ1) is 7.76. The Morgan fingerprint density at radius 2 is 1.82 bits per heavy atom. The van der Waals surface area contributed by atoms with Crippen LogP contribution >= 0.6 is 15.9 Å². The van der Waals surface area contributed by atoms with E-state index in [1.807, 2.05) is 0 Å². The number of hydrogen-bond donors (Lipinski definition) is 0. The Morgan fingerprint density at radius 3 is 2.35 bits per heavy atom. The Morgan fingerprint density at radius 1 is 1.18 bits per heavy atom. The predicted octanol–water partition coefficient (Wildman–Crippen LogP) is 0.958. The lowest BCUT2D eigenvalue weighted by atomic mass is 10.1. The van der Waals surface area contributed by atoms with Crippen LogP contribution in [0.1, 0.15) is 25.7 Å². The van der Waals surface area contributed by atoms with E-state index in [0.717, 1.165) is 31.9 Å². The van der Waals surface area contributed by atoms with Crippen LogP contribution in [0.3, 0.4) is 0 Å². The summed E-state index contributed by atoms with van der Waals surface area (Å²) in [6.07, 6.45) is 4.52. The van der Waals surface area contributed by atoms with Crippen LogP contribution in [0.25, 0.3) is 0 Å². The molecule has 1 aliphatic heterocycles. The van der Waals surface area contributed by atoms with E-state index in [2.05, 4.69) is 15.9 Å². The highest BCUT2D eigenvalue weighted by molar-refractivity contribution is 9.09. The van der Waals surface area contributed by atoms with Crippen LogP contribution in [0.5, 0.6) is 0 Å². The molecule has 0 amide bonds. The summed E-state index contributed by atoms with van der Waals surface area (Å²) in [5, 5.41) is -0.237. The van der Waals surface area contributed by atoms with Crippen LogP contribution in [0.2, 0.25) is 0 Å². The number of halogens is 1. The molecule has 0 aromatic heterocycles. The maximum atomic E-state index is 12.0. The molecule has 5 nitrogen and oxygen atoms in total. The SMILES string of the molecule is CS(=O)(=O)CS(=O)(=O)N1CCCCCC1CBr. The molecule has 1 heterocycles. The van der Waals surface area contributed by atoms with E-state index in [0.29, 0.717) is 11.9 Å². The summed E-state index contributed by atoms with van der Waals surface area (Å²) in [6.45, 7) is 0.425. The summed E-state index contributed by atoms with van der Waals surface area (Å²) in [4.78, 5) is 0. The highest BCUT2D eigenvalue weighted by atomic mass is 79.9. The van der Waals surface area contributed by atoms with Gasteiger partial charge in [-0.25, -0.2) is 16.8 Å². The third kappa shape index (κ3) is 4.84. The van der Waals surface area contributed by atoms with Gasteiger partial charge in [-0.05, 0) is 12.8 Å². The molecular weight excluding hydrogens is 330 g/mol. The molecule has 0 radical (unpaired) electrons. The average molecular weight is 348 g/mol. The van der Waals surface area contributed by atoms with E-state index in [9.17, 15) is 16.8 Å². The number of nitrogens with zero attached hydrogens (tertiary/aromatic N) is 1. The molecule has 0 aromatic rings. The molecule has 0 N–H and O–H groups in total. The van der Waals surface area contributed by atoms with E-state index < -0.39 is 24.9 Å². The van der Waals surface area contributed by atoms with Gasteiger partial charge in [0.05, 0.1) is 0 Å². The van der Waals surface area contributed by atoms with Gasteiger partial charge in [0.25, 0.3) is 0 Å². The number of alkyl halides is 1. The van der Waals surface area contributed by atoms with Crippen molar-refractivity contribution in [2.45, 2.75) is 31.7 Å². The Labute approximate surface area is 112 Å². The summed E-state index contributed by atoms with van der Waals surface area (Å²) in [6, 6.07) is -0.121. The molecule has 1 fully saturated rings. The first-order valence-corrected chi connectivity index (χ1v) is 10.3. The van der Waals surface area contributed by atoms with Gasteiger partial charge in [-0.15, -0.1) is 0 Å². The number of sulfonamides is 1. The molecule has 17 heavy (non-hydrogen) atoms. The molecule has 1 saturated heterocycles. The molecule has 1 aliphatic rings. The fourth-order valence-electron chi connectivity index (χ4n) is 2.01. The minimum absolute atomic E-state index is 0.121. The molecule has 1 rings (SSSR count). The molecule has 1 atom stereocenters. The standard InChI is InChI=1S/C9H18BrNO4S2/c1-16(12,13)8-17(14,15)11-6-4-2-3-5-9(11)7-10/h9H,2-8H2,1H3. The van der Waals surface area contributed by atoms with Crippen LogP contribution < -0.4 is 0 Å². The quantitative estimate of drug-likeness (QED) is 0.710. The zero-order valence-corrected chi connectivity index (χ0v) is 13.0. The van der Waals surface area contributed by atoms with Crippen molar-refractivity contribution >= 4 is 35.8 Å². The lowest BCUT2D eigenvalue weighted by Crippen LogP contribution is -2.43. The molecule has 0 spiro atoms. The Kier molecular flexibility index (Phi) is 5.42. The van der Waals surface area contributed by atoms with Crippen molar-refractivity contribution in [2.75, 3.05) is 23.2 Å². The van der Waals surface area contributed by atoms with Gasteiger partial charge in [0.1, 0.15) is 0 Å². The van der Waals surface area contributed by atoms with Crippen molar-refractivity contribution in [3.63, 3.8) is 0 Å². The smallest absolute Gasteiger partial charge is 0.228 e. The maximum Gasteiger partial charge on any atom is 0.228 e. The molecule has 102 valence electrons. The van der Waals surface area contributed by atoms with Gasteiger partial charge in [-0.2, -0.15) is 4.31 Å². The summed E-state index contributed by atoms with van der Waals surface area (Å²) in [7, 11) is -7.23. The molecule has 0 aliphatic carbocycles. The second kappa shape index (κ2) is 5.99. The monoisotopic (exact) mass is 347 g/mol. The van der Waals surface area contributed by atoms with E-state index in [-0.39, 0.29) is 6.04 Å². The largest absolute Gasteiger partial charge is 0.228 e. The number of hydrogen-bond acceptors (Lipinski definition) is 4. The van der Waals surface area contributed by atoms with Crippen LogP contribution in [0, 0.1) is 0 Å². The summed E-state index contributed by atoms with van der Waals surface area (Å²) < 4.78 is 47.8. The van der Waals surface area contributed by atoms with Crippen LogP contribution in [0.4, 0.5) is 0 Å². The van der Waals surface area contributed by atoms with Crippen molar-refractivity contribution in [2.24, 2.45) is 0 Å². The van der Waals surface area contributed by atoms with Crippen LogP contribution in [-0.4, -0.2) is 50.4 Å². The molecule has 0 bridgehead atoms. The van der Waals surface area contributed by atoms with Crippen molar-refractivity contribution < 1.29 is 16.8 Å². The summed E-state index contributed by atoms with van der Waals surface area (Å²) in [5.41, 5.74) is 0. The van der Waals surface area contributed by atoms with Gasteiger partial charge in [0.2, 0.25) is 10.0 Å². The highest BCUT2D eigenvalue weighted by Gasteiger charge is 2.32. The van der Waals surface area contributed by atoms with Crippen molar-refractivity contribution in [3.05, 3.63) is 0 Å². The maximum absolute atomic E-state index is 12.0. The second-order valence-corrected chi connectivity index (χ2v) is 9.50. The lowest BCUT2D eigenvalue weighted by molar-refractivity contribution is 0.349. The number of sulfone groups is 1. The number of rotatable bonds is 4. The highest BCUT2D eigenvalue weighted by Crippen LogP contribution is 2.22. The van der Waals surface area contributed by atoms with Crippen LogP contribution in [0.15, 0.2) is 0 Å². The van der Waals surface area contributed by atoms with E-state index >= 15 is 0 Å². The fraction of sp³-hybridized carbons (Fsp3) is 1.00. The van der Waals surface area contributed by atoms with Gasteiger partial charge >= 0.3 is 0 Å². The third-order valence-corrected chi connectivity index (χ3v) is 7.57. The summed E-state index contributed by atoms with van der Waals surface area (Å²) >= 11 is 3.30.